The number of carbonyl (C=O) groups is 1. The summed E-state index contributed by atoms with van der Waals surface area (Å²) in [6, 6.07) is 0.616. The van der Waals surface area contributed by atoms with Gasteiger partial charge in [0.1, 0.15) is 4.88 Å². The molecule has 6 heteroatoms. The smallest absolute Gasteiger partial charge is 0.267 e. The summed E-state index contributed by atoms with van der Waals surface area (Å²) in [5.41, 5.74) is 6.59. The van der Waals surface area contributed by atoms with Gasteiger partial charge in [0.05, 0.1) is 5.69 Å². The first-order chi connectivity index (χ1) is 8.09. The third-order valence-corrected chi connectivity index (χ3v) is 4.27. The van der Waals surface area contributed by atoms with Crippen LogP contribution in [0, 0.1) is 6.92 Å². The number of nitrogens with zero attached hydrogens (tertiary/aromatic N) is 3. The average molecular weight is 254 g/mol. The highest BCUT2D eigenvalue weighted by Gasteiger charge is 2.27. The van der Waals surface area contributed by atoms with Crippen LogP contribution >= 0.6 is 11.5 Å². The van der Waals surface area contributed by atoms with E-state index in [0.29, 0.717) is 17.0 Å². The van der Waals surface area contributed by atoms with Crippen molar-refractivity contribution in [3.05, 3.63) is 10.6 Å². The first-order valence-electron chi connectivity index (χ1n) is 5.91. The van der Waals surface area contributed by atoms with Crippen molar-refractivity contribution in [2.75, 3.05) is 7.05 Å². The molecule has 1 aromatic rings. The minimum absolute atomic E-state index is 0.0398. The zero-order valence-corrected chi connectivity index (χ0v) is 11.0. The topological polar surface area (TPSA) is 72.1 Å². The molecule has 0 aliphatic heterocycles. The van der Waals surface area contributed by atoms with Crippen LogP contribution in [0.4, 0.5) is 0 Å². The molecular weight excluding hydrogens is 236 g/mol. The Balaban J connectivity index is 2.03. The third-order valence-electron chi connectivity index (χ3n) is 3.46. The maximum Gasteiger partial charge on any atom is 0.267 e. The highest BCUT2D eigenvalue weighted by atomic mass is 32.1. The lowest BCUT2D eigenvalue weighted by atomic mass is 9.91. The molecule has 0 aromatic carbocycles. The predicted molar refractivity (Wildman–Crippen MR) is 67.0 cm³/mol. The van der Waals surface area contributed by atoms with Gasteiger partial charge in [-0.05, 0) is 44.1 Å². The van der Waals surface area contributed by atoms with Crippen LogP contribution < -0.4 is 5.73 Å². The first-order valence-corrected chi connectivity index (χ1v) is 6.68. The molecule has 1 heterocycles. The molecule has 2 N–H and O–H groups in total. The molecular formula is C11H18N4OS. The van der Waals surface area contributed by atoms with Gasteiger partial charge in [0, 0.05) is 19.1 Å². The molecule has 1 saturated carbocycles. The van der Waals surface area contributed by atoms with Crippen molar-refractivity contribution >= 4 is 17.4 Å². The van der Waals surface area contributed by atoms with E-state index in [0.717, 1.165) is 31.4 Å². The SMILES string of the molecule is Cc1nnsc1C(=O)N(C)C1CCC(N)CC1. The normalized spacial score (nSPS) is 24.6. The van der Waals surface area contributed by atoms with Crippen LogP contribution in [-0.4, -0.2) is 39.5 Å². The van der Waals surface area contributed by atoms with Gasteiger partial charge in [-0.25, -0.2) is 0 Å². The highest BCUT2D eigenvalue weighted by molar-refractivity contribution is 7.07. The fraction of sp³-hybridized carbons (Fsp3) is 0.727. The van der Waals surface area contributed by atoms with Crippen molar-refractivity contribution in [1.29, 1.82) is 0 Å². The van der Waals surface area contributed by atoms with Crippen LogP contribution in [-0.2, 0) is 0 Å². The molecule has 0 unspecified atom stereocenters. The minimum atomic E-state index is 0.0398. The molecule has 17 heavy (non-hydrogen) atoms. The van der Waals surface area contributed by atoms with Gasteiger partial charge >= 0.3 is 0 Å². The Morgan fingerprint density at radius 3 is 2.59 bits per heavy atom. The van der Waals surface area contributed by atoms with Crippen molar-refractivity contribution in [2.24, 2.45) is 5.73 Å². The van der Waals surface area contributed by atoms with E-state index < -0.39 is 0 Å². The number of hydrogen-bond donors (Lipinski definition) is 1. The number of aromatic nitrogens is 2. The Morgan fingerprint density at radius 1 is 1.41 bits per heavy atom. The number of carbonyl (C=O) groups excluding carboxylic acids is 1. The fourth-order valence-corrected chi connectivity index (χ4v) is 2.88. The maximum absolute atomic E-state index is 12.2. The summed E-state index contributed by atoms with van der Waals surface area (Å²) in [5, 5.41) is 3.88. The van der Waals surface area contributed by atoms with Gasteiger partial charge in [0.2, 0.25) is 0 Å². The fourth-order valence-electron chi connectivity index (χ4n) is 2.24. The second-order valence-corrected chi connectivity index (χ2v) is 5.43. The molecule has 0 radical (unpaired) electrons. The standard InChI is InChI=1S/C11H18N4OS/c1-7-10(17-14-13-7)11(16)15(2)9-5-3-8(12)4-6-9/h8-9H,3-6,12H2,1-2H3. The monoisotopic (exact) mass is 254 g/mol. The maximum atomic E-state index is 12.2. The zero-order chi connectivity index (χ0) is 12.4. The van der Waals surface area contributed by atoms with Crippen LogP contribution in [0.2, 0.25) is 0 Å². The summed E-state index contributed by atoms with van der Waals surface area (Å²) in [7, 11) is 1.86. The highest BCUT2D eigenvalue weighted by Crippen LogP contribution is 2.23. The van der Waals surface area contributed by atoms with Crippen molar-refractivity contribution in [2.45, 2.75) is 44.7 Å². The van der Waals surface area contributed by atoms with Crippen LogP contribution in [0.5, 0.6) is 0 Å². The van der Waals surface area contributed by atoms with Gasteiger partial charge in [0.15, 0.2) is 0 Å². The number of hydrogen-bond acceptors (Lipinski definition) is 5. The van der Waals surface area contributed by atoms with E-state index in [-0.39, 0.29) is 5.91 Å². The van der Waals surface area contributed by atoms with E-state index in [1.165, 1.54) is 11.5 Å². The second-order valence-electron chi connectivity index (χ2n) is 4.67. The lowest BCUT2D eigenvalue weighted by Crippen LogP contribution is -2.41. The molecule has 1 fully saturated rings. The Hall–Kier alpha value is -1.01. The van der Waals surface area contributed by atoms with Crippen molar-refractivity contribution in [3.8, 4) is 0 Å². The van der Waals surface area contributed by atoms with Gasteiger partial charge < -0.3 is 10.6 Å². The predicted octanol–water partition coefficient (Wildman–Crippen LogP) is 1.19. The average Bonchev–Trinajstić information content (AvgIpc) is 2.74. The summed E-state index contributed by atoms with van der Waals surface area (Å²) in [4.78, 5) is 14.7. The summed E-state index contributed by atoms with van der Waals surface area (Å²) in [6.07, 6.45) is 3.99. The Labute approximate surface area is 105 Å². The van der Waals surface area contributed by atoms with Gasteiger partial charge in [-0.1, -0.05) is 4.49 Å². The zero-order valence-electron chi connectivity index (χ0n) is 10.2. The molecule has 94 valence electrons. The molecule has 0 spiro atoms. The van der Waals surface area contributed by atoms with Crippen LogP contribution in [0.1, 0.15) is 41.0 Å². The molecule has 0 atom stereocenters. The lowest BCUT2D eigenvalue weighted by Gasteiger charge is -2.33. The van der Waals surface area contributed by atoms with Crippen LogP contribution in [0.15, 0.2) is 0 Å². The van der Waals surface area contributed by atoms with Crippen molar-refractivity contribution in [1.82, 2.24) is 14.5 Å². The summed E-state index contributed by atoms with van der Waals surface area (Å²) in [5.74, 6) is 0.0398. The molecule has 1 amide bonds. The Morgan fingerprint density at radius 2 is 2.06 bits per heavy atom. The summed E-state index contributed by atoms with van der Waals surface area (Å²) in [6.45, 7) is 1.82. The quantitative estimate of drug-likeness (QED) is 0.860. The minimum Gasteiger partial charge on any atom is -0.338 e. The van der Waals surface area contributed by atoms with Crippen LogP contribution in [0.3, 0.4) is 0 Å². The van der Waals surface area contributed by atoms with E-state index >= 15 is 0 Å². The molecule has 1 aliphatic rings. The van der Waals surface area contributed by atoms with Gasteiger partial charge in [-0.15, -0.1) is 5.10 Å². The van der Waals surface area contributed by atoms with Gasteiger partial charge in [0.25, 0.3) is 5.91 Å². The first kappa shape index (κ1) is 12.4. The van der Waals surface area contributed by atoms with E-state index in [2.05, 4.69) is 9.59 Å². The molecule has 0 bridgehead atoms. The summed E-state index contributed by atoms with van der Waals surface area (Å²) < 4.78 is 3.81. The van der Waals surface area contributed by atoms with E-state index in [1.807, 2.05) is 18.9 Å². The number of nitrogens with two attached hydrogens (primary N) is 1. The second kappa shape index (κ2) is 5.10. The molecule has 0 saturated heterocycles. The Kier molecular flexibility index (Phi) is 3.73. The molecule has 5 nitrogen and oxygen atoms in total. The summed E-state index contributed by atoms with van der Waals surface area (Å²) >= 11 is 1.17. The van der Waals surface area contributed by atoms with Crippen molar-refractivity contribution in [3.63, 3.8) is 0 Å². The molecule has 2 rings (SSSR count). The number of aryl methyl sites for hydroxylation is 1. The van der Waals surface area contributed by atoms with Crippen molar-refractivity contribution < 1.29 is 4.79 Å². The van der Waals surface area contributed by atoms with E-state index in [1.54, 1.807) is 0 Å². The third kappa shape index (κ3) is 2.63. The largest absolute Gasteiger partial charge is 0.338 e. The number of rotatable bonds is 2. The van der Waals surface area contributed by atoms with Gasteiger partial charge in [-0.3, -0.25) is 4.79 Å². The van der Waals surface area contributed by atoms with E-state index in [9.17, 15) is 4.79 Å². The van der Waals surface area contributed by atoms with E-state index in [4.69, 9.17) is 5.73 Å². The lowest BCUT2D eigenvalue weighted by molar-refractivity contribution is 0.0694. The Bertz CT molecular complexity index is 398. The molecule has 1 aromatic heterocycles. The van der Waals surface area contributed by atoms with Gasteiger partial charge in [-0.2, -0.15) is 0 Å². The molecule has 1 aliphatic carbocycles. The number of amides is 1. The van der Waals surface area contributed by atoms with Crippen LogP contribution in [0.25, 0.3) is 0 Å².